The topological polar surface area (TPSA) is 61.4 Å². The Hall–Kier alpha value is -1.11. The summed E-state index contributed by atoms with van der Waals surface area (Å²) in [6.45, 7) is 2.14. The van der Waals surface area contributed by atoms with Crippen LogP contribution in [-0.4, -0.2) is 45.5 Å². The van der Waals surface area contributed by atoms with Crippen LogP contribution in [0.1, 0.15) is 19.3 Å². The van der Waals surface area contributed by atoms with Gasteiger partial charge in [-0.25, -0.2) is 13.1 Å². The van der Waals surface area contributed by atoms with Gasteiger partial charge in [0.05, 0.1) is 4.90 Å². The highest BCUT2D eigenvalue weighted by Gasteiger charge is 2.28. The van der Waals surface area contributed by atoms with Crippen molar-refractivity contribution in [3.8, 4) is 0 Å². The molecule has 3 rings (SSSR count). The van der Waals surface area contributed by atoms with Gasteiger partial charge in [-0.3, -0.25) is 0 Å². The van der Waals surface area contributed by atoms with E-state index in [1.807, 2.05) is 12.1 Å². The van der Waals surface area contributed by atoms with Gasteiger partial charge in [-0.2, -0.15) is 0 Å². The first-order chi connectivity index (χ1) is 9.53. The highest BCUT2D eigenvalue weighted by Crippen LogP contribution is 2.23. The van der Waals surface area contributed by atoms with Crippen LogP contribution >= 0.6 is 0 Å². The van der Waals surface area contributed by atoms with Crippen LogP contribution in [0.2, 0.25) is 0 Å². The fraction of sp³-hybridized carbons (Fsp3) is 0.571. The van der Waals surface area contributed by atoms with E-state index < -0.39 is 10.0 Å². The SMILES string of the molecule is CN1CCC(Nc2ccc(S(=O)(=O)NC3CC3)cc2)C1. The van der Waals surface area contributed by atoms with Crippen LogP contribution in [0.3, 0.4) is 0 Å². The molecular formula is C14H21N3O2S. The number of likely N-dealkylation sites (tertiary alicyclic amines) is 1. The molecule has 0 aromatic heterocycles. The maximum absolute atomic E-state index is 12.0. The molecule has 1 aromatic carbocycles. The Morgan fingerprint density at radius 3 is 2.35 bits per heavy atom. The molecule has 1 unspecified atom stereocenters. The lowest BCUT2D eigenvalue weighted by atomic mass is 10.2. The third-order valence-corrected chi connectivity index (χ3v) is 5.36. The first kappa shape index (κ1) is 13.9. The monoisotopic (exact) mass is 295 g/mol. The summed E-state index contributed by atoms with van der Waals surface area (Å²) < 4.78 is 26.8. The number of nitrogens with zero attached hydrogens (tertiary/aromatic N) is 1. The quantitative estimate of drug-likeness (QED) is 0.858. The number of rotatable bonds is 5. The fourth-order valence-electron chi connectivity index (χ4n) is 2.51. The van der Waals surface area contributed by atoms with Gasteiger partial charge in [0.1, 0.15) is 0 Å². The third-order valence-electron chi connectivity index (χ3n) is 3.83. The molecule has 2 aliphatic rings. The van der Waals surface area contributed by atoms with Crippen molar-refractivity contribution in [1.29, 1.82) is 0 Å². The minimum absolute atomic E-state index is 0.145. The molecule has 1 aromatic rings. The molecule has 0 radical (unpaired) electrons. The minimum atomic E-state index is -3.34. The van der Waals surface area contributed by atoms with Gasteiger partial charge >= 0.3 is 0 Å². The molecule has 1 atom stereocenters. The fourth-order valence-corrected chi connectivity index (χ4v) is 3.81. The average Bonchev–Trinajstić information content (AvgIpc) is 3.11. The summed E-state index contributed by atoms with van der Waals surface area (Å²) >= 11 is 0. The van der Waals surface area contributed by atoms with Crippen LogP contribution in [0.4, 0.5) is 5.69 Å². The molecule has 0 amide bonds. The van der Waals surface area contributed by atoms with E-state index in [4.69, 9.17) is 0 Å². The number of nitrogens with one attached hydrogen (secondary N) is 2. The van der Waals surface area contributed by atoms with Gasteiger partial charge in [0.2, 0.25) is 10.0 Å². The summed E-state index contributed by atoms with van der Waals surface area (Å²) in [7, 11) is -1.22. The number of hydrogen-bond donors (Lipinski definition) is 2. The van der Waals surface area contributed by atoms with Crippen LogP contribution in [-0.2, 0) is 10.0 Å². The van der Waals surface area contributed by atoms with E-state index >= 15 is 0 Å². The molecule has 1 saturated heterocycles. The lowest BCUT2D eigenvalue weighted by Gasteiger charge is -2.14. The van der Waals surface area contributed by atoms with Crippen LogP contribution in [0, 0.1) is 0 Å². The lowest BCUT2D eigenvalue weighted by molar-refractivity contribution is 0.414. The molecule has 2 N–H and O–H groups in total. The van der Waals surface area contributed by atoms with E-state index in [1.54, 1.807) is 12.1 Å². The molecule has 1 saturated carbocycles. The van der Waals surface area contributed by atoms with Crippen molar-refractivity contribution in [2.75, 3.05) is 25.5 Å². The van der Waals surface area contributed by atoms with Crippen molar-refractivity contribution < 1.29 is 8.42 Å². The molecular weight excluding hydrogens is 274 g/mol. The van der Waals surface area contributed by atoms with Crippen molar-refractivity contribution in [1.82, 2.24) is 9.62 Å². The Kier molecular flexibility index (Phi) is 3.70. The van der Waals surface area contributed by atoms with Crippen molar-refractivity contribution in [3.63, 3.8) is 0 Å². The van der Waals surface area contributed by atoms with Gasteiger partial charge in [0.15, 0.2) is 0 Å². The van der Waals surface area contributed by atoms with Gasteiger partial charge in [-0.05, 0) is 57.1 Å². The van der Waals surface area contributed by atoms with Crippen molar-refractivity contribution in [2.45, 2.75) is 36.2 Å². The maximum atomic E-state index is 12.0. The Labute approximate surface area is 120 Å². The van der Waals surface area contributed by atoms with Crippen molar-refractivity contribution in [3.05, 3.63) is 24.3 Å². The predicted octanol–water partition coefficient (Wildman–Crippen LogP) is 1.24. The molecule has 6 heteroatoms. The van der Waals surface area contributed by atoms with Crippen LogP contribution in [0.25, 0.3) is 0 Å². The summed E-state index contributed by atoms with van der Waals surface area (Å²) in [5.41, 5.74) is 0.982. The van der Waals surface area contributed by atoms with Crippen molar-refractivity contribution in [2.24, 2.45) is 0 Å². The summed E-state index contributed by atoms with van der Waals surface area (Å²) in [5, 5.41) is 3.45. The van der Waals surface area contributed by atoms with E-state index in [1.165, 1.54) is 0 Å². The number of likely N-dealkylation sites (N-methyl/N-ethyl adjacent to an activating group) is 1. The molecule has 5 nitrogen and oxygen atoms in total. The zero-order valence-electron chi connectivity index (χ0n) is 11.7. The average molecular weight is 295 g/mol. The van der Waals surface area contributed by atoms with Gasteiger partial charge in [-0.1, -0.05) is 0 Å². The third kappa shape index (κ3) is 3.31. The normalized spacial score (nSPS) is 23.9. The molecule has 20 heavy (non-hydrogen) atoms. The van der Waals surface area contributed by atoms with Gasteiger partial charge in [0, 0.05) is 24.3 Å². The molecule has 2 fully saturated rings. The van der Waals surface area contributed by atoms with Gasteiger partial charge < -0.3 is 10.2 Å². The van der Waals surface area contributed by atoms with E-state index in [0.29, 0.717) is 10.9 Å². The Bertz CT molecular complexity index is 567. The molecule has 0 bridgehead atoms. The number of hydrogen-bond acceptors (Lipinski definition) is 4. The molecule has 1 aliphatic carbocycles. The molecule has 1 heterocycles. The second kappa shape index (κ2) is 5.35. The Balaban J connectivity index is 1.64. The zero-order valence-corrected chi connectivity index (χ0v) is 12.5. The maximum Gasteiger partial charge on any atom is 0.240 e. The molecule has 110 valence electrons. The summed E-state index contributed by atoms with van der Waals surface area (Å²) in [4.78, 5) is 2.63. The van der Waals surface area contributed by atoms with E-state index in [9.17, 15) is 8.42 Å². The molecule has 0 spiro atoms. The predicted molar refractivity (Wildman–Crippen MR) is 79.3 cm³/mol. The van der Waals surface area contributed by atoms with Gasteiger partial charge in [-0.15, -0.1) is 0 Å². The standard InChI is InChI=1S/C14H21N3O2S/c1-17-9-8-13(10-17)15-11-4-6-14(7-5-11)20(18,19)16-12-2-3-12/h4-7,12-13,15-16H,2-3,8-10H2,1H3. The first-order valence-electron chi connectivity index (χ1n) is 7.10. The summed E-state index contributed by atoms with van der Waals surface area (Å²) in [6, 6.07) is 7.63. The zero-order chi connectivity index (χ0) is 14.2. The Morgan fingerprint density at radius 1 is 1.10 bits per heavy atom. The largest absolute Gasteiger partial charge is 0.381 e. The van der Waals surface area contributed by atoms with Gasteiger partial charge in [0.25, 0.3) is 0 Å². The van der Waals surface area contributed by atoms with Crippen LogP contribution in [0.15, 0.2) is 29.2 Å². The first-order valence-corrected chi connectivity index (χ1v) is 8.59. The summed E-state index contributed by atoms with van der Waals surface area (Å²) in [6.07, 6.45) is 3.03. The van der Waals surface area contributed by atoms with Crippen LogP contribution in [0.5, 0.6) is 0 Å². The van der Waals surface area contributed by atoms with E-state index in [0.717, 1.165) is 38.0 Å². The molecule has 1 aliphatic heterocycles. The highest BCUT2D eigenvalue weighted by atomic mass is 32.2. The number of sulfonamides is 1. The second-order valence-electron chi connectivity index (χ2n) is 5.81. The highest BCUT2D eigenvalue weighted by molar-refractivity contribution is 7.89. The Morgan fingerprint density at radius 2 is 1.80 bits per heavy atom. The second-order valence-corrected chi connectivity index (χ2v) is 7.53. The lowest BCUT2D eigenvalue weighted by Crippen LogP contribution is -2.26. The van der Waals surface area contributed by atoms with E-state index in [-0.39, 0.29) is 6.04 Å². The van der Waals surface area contributed by atoms with Crippen LogP contribution < -0.4 is 10.0 Å². The minimum Gasteiger partial charge on any atom is -0.381 e. The van der Waals surface area contributed by atoms with Crippen molar-refractivity contribution >= 4 is 15.7 Å². The smallest absolute Gasteiger partial charge is 0.240 e. The van der Waals surface area contributed by atoms with E-state index in [2.05, 4.69) is 22.0 Å². The summed E-state index contributed by atoms with van der Waals surface area (Å²) in [5.74, 6) is 0. The number of benzene rings is 1. The number of anilines is 1.